The summed E-state index contributed by atoms with van der Waals surface area (Å²) in [6.45, 7) is 16.6. The molecule has 0 aromatic heterocycles. The van der Waals surface area contributed by atoms with Gasteiger partial charge >= 0.3 is 0 Å². The summed E-state index contributed by atoms with van der Waals surface area (Å²) >= 11 is 0. The first-order valence-corrected chi connectivity index (χ1v) is 12.6. The summed E-state index contributed by atoms with van der Waals surface area (Å²) in [5.41, 5.74) is 0. The summed E-state index contributed by atoms with van der Waals surface area (Å²) in [7, 11) is -2.77. The normalized spacial score (nSPS) is 8.95. The SMILES string of the molecule is CC=O.CCO[Si](C)(C)C.C[Si](C)(C)O.O=O.OOO. The van der Waals surface area contributed by atoms with Crippen LogP contribution in [0.3, 0.4) is 0 Å². The van der Waals surface area contributed by atoms with Crippen LogP contribution in [0.2, 0.25) is 39.3 Å². The smallest absolute Gasteiger partial charge is 0.183 e. The van der Waals surface area contributed by atoms with E-state index in [0.717, 1.165) is 12.9 Å². The summed E-state index contributed by atoms with van der Waals surface area (Å²) < 4.78 is 5.37. The lowest BCUT2D eigenvalue weighted by Gasteiger charge is -2.14. The molecule has 126 valence electrons. The average Bonchev–Trinajstić information content (AvgIpc) is 2.18. The van der Waals surface area contributed by atoms with E-state index >= 15 is 0 Å². The van der Waals surface area contributed by atoms with Crippen molar-refractivity contribution in [2.24, 2.45) is 0 Å². The summed E-state index contributed by atoms with van der Waals surface area (Å²) in [4.78, 5) is 31.5. The van der Waals surface area contributed by atoms with Crippen LogP contribution >= 0.6 is 0 Å². The van der Waals surface area contributed by atoms with Gasteiger partial charge in [0.15, 0.2) is 16.6 Å². The van der Waals surface area contributed by atoms with E-state index in [4.69, 9.17) is 34.5 Å². The number of aldehydes is 1. The van der Waals surface area contributed by atoms with Crippen LogP contribution in [-0.4, -0.2) is 44.8 Å². The van der Waals surface area contributed by atoms with Gasteiger partial charge in [-0.05, 0) is 53.1 Å². The predicted molar refractivity (Wildman–Crippen MR) is 85.4 cm³/mol. The van der Waals surface area contributed by atoms with E-state index in [1.807, 2.05) is 26.6 Å². The van der Waals surface area contributed by atoms with E-state index < -0.39 is 16.6 Å². The van der Waals surface area contributed by atoms with Gasteiger partial charge in [0.25, 0.3) is 0 Å². The molecule has 3 N–H and O–H groups in total. The van der Waals surface area contributed by atoms with Gasteiger partial charge in [-0.1, -0.05) is 5.04 Å². The zero-order chi connectivity index (χ0) is 17.8. The van der Waals surface area contributed by atoms with E-state index in [-0.39, 0.29) is 0 Å². The van der Waals surface area contributed by atoms with Crippen LogP contribution in [0.4, 0.5) is 0 Å². The number of hydrogen-bond donors (Lipinski definition) is 3. The van der Waals surface area contributed by atoms with Crippen molar-refractivity contribution < 1.29 is 29.6 Å². The van der Waals surface area contributed by atoms with E-state index in [1.165, 1.54) is 6.92 Å². The zero-order valence-electron chi connectivity index (χ0n) is 13.7. The van der Waals surface area contributed by atoms with Gasteiger partial charge in [-0.15, -0.1) is 0 Å². The number of carbonyl (C=O) groups is 1. The molecular weight excluding hydrogens is 304 g/mol. The first-order valence-electron chi connectivity index (χ1n) is 5.77. The Morgan fingerprint density at radius 1 is 1.00 bits per heavy atom. The Morgan fingerprint density at radius 2 is 1.15 bits per heavy atom. The lowest BCUT2D eigenvalue weighted by molar-refractivity contribution is -0.465. The lowest BCUT2D eigenvalue weighted by Crippen LogP contribution is -2.24. The van der Waals surface area contributed by atoms with Gasteiger partial charge in [-0.3, -0.25) is 0 Å². The van der Waals surface area contributed by atoms with Crippen molar-refractivity contribution in [1.82, 2.24) is 0 Å². The molecule has 0 unspecified atom stereocenters. The molecule has 0 aromatic carbocycles. The zero-order valence-corrected chi connectivity index (χ0v) is 15.7. The van der Waals surface area contributed by atoms with Gasteiger partial charge in [-0.2, -0.15) is 0 Å². The van der Waals surface area contributed by atoms with E-state index in [1.54, 1.807) is 0 Å². The van der Waals surface area contributed by atoms with Gasteiger partial charge in [0, 0.05) is 16.5 Å². The summed E-state index contributed by atoms with van der Waals surface area (Å²) in [6.07, 6.45) is 0.750. The van der Waals surface area contributed by atoms with E-state index in [9.17, 15) is 0 Å². The highest BCUT2D eigenvalue weighted by Gasteiger charge is 2.11. The Bertz CT molecular complexity index is 162. The van der Waals surface area contributed by atoms with Crippen molar-refractivity contribution in [3.05, 3.63) is 9.93 Å². The van der Waals surface area contributed by atoms with Crippen molar-refractivity contribution in [2.45, 2.75) is 53.1 Å². The number of hydrogen-bond acceptors (Lipinski definition) is 8. The second-order valence-electron chi connectivity index (χ2n) is 5.03. The Labute approximate surface area is 123 Å². The molecule has 0 rings (SSSR count). The van der Waals surface area contributed by atoms with E-state index in [0.29, 0.717) is 0 Å². The minimum atomic E-state index is -1.61. The molecule has 0 aliphatic rings. The molecular formula is C10H30O8Si2. The quantitative estimate of drug-likeness (QED) is 0.304. The van der Waals surface area contributed by atoms with Crippen LogP contribution in [0.15, 0.2) is 0 Å². The first-order chi connectivity index (χ1) is 8.89. The van der Waals surface area contributed by atoms with Crippen molar-refractivity contribution in [3.8, 4) is 0 Å². The van der Waals surface area contributed by atoms with E-state index in [2.05, 4.69) is 24.7 Å². The second kappa shape index (κ2) is 23.6. The van der Waals surface area contributed by atoms with Crippen LogP contribution in [-0.2, 0) is 14.3 Å². The maximum atomic E-state index is 8.81. The number of carbonyl (C=O) groups excluding carboxylic acids is 1. The molecule has 0 aromatic rings. The van der Waals surface area contributed by atoms with Crippen LogP contribution in [0, 0.1) is 9.93 Å². The third-order valence-corrected chi connectivity index (χ3v) is 1.73. The van der Waals surface area contributed by atoms with Gasteiger partial charge < -0.3 is 14.0 Å². The molecule has 20 heavy (non-hydrogen) atoms. The summed E-state index contributed by atoms with van der Waals surface area (Å²) in [5, 5.41) is 15.5. The summed E-state index contributed by atoms with van der Waals surface area (Å²) in [6, 6.07) is 0. The standard InChI is InChI=1S/C5H14OSi.C3H10OSi.C2H4O.H2O3.O2/c1-5-6-7(2,3)4;1-5(2,3)4;1-2-3;1-3-2;1-2/h5H2,1-4H3;4H,1-3H3;2H,1H3;1-2H;. The molecule has 0 radical (unpaired) electrons. The monoisotopic (exact) mass is 334 g/mol. The molecule has 0 aliphatic carbocycles. The highest BCUT2D eigenvalue weighted by molar-refractivity contribution is 6.69. The predicted octanol–water partition coefficient (Wildman–Crippen LogP) is 2.89. The molecule has 0 atom stereocenters. The average molecular weight is 335 g/mol. The maximum absolute atomic E-state index is 8.81. The Hall–Kier alpha value is -0.496. The van der Waals surface area contributed by atoms with Gasteiger partial charge in [-0.25, -0.2) is 10.5 Å². The Kier molecular flexibility index (Phi) is 37.4. The van der Waals surface area contributed by atoms with Crippen LogP contribution in [0.25, 0.3) is 0 Å². The highest BCUT2D eigenvalue weighted by Crippen LogP contribution is 2.00. The molecule has 0 aliphatic heterocycles. The molecule has 0 spiro atoms. The third kappa shape index (κ3) is 388. The minimum absolute atomic E-state index is 0.750. The fraction of sp³-hybridized carbons (Fsp3) is 0.900. The van der Waals surface area contributed by atoms with Crippen LogP contribution in [0.5, 0.6) is 0 Å². The molecule has 0 saturated carbocycles. The maximum Gasteiger partial charge on any atom is 0.183 e. The topological polar surface area (TPSA) is 130 Å². The fourth-order valence-electron chi connectivity index (χ4n) is 0.433. The fourth-order valence-corrected chi connectivity index (χ4v) is 1.30. The Balaban J connectivity index is -0.0000000510. The molecule has 0 saturated heterocycles. The van der Waals surface area contributed by atoms with Gasteiger partial charge in [0.05, 0.1) is 0 Å². The highest BCUT2D eigenvalue weighted by atomic mass is 28.4. The molecule has 0 heterocycles. The third-order valence-electron chi connectivity index (χ3n) is 0.577. The number of rotatable bonds is 2. The largest absolute Gasteiger partial charge is 0.433 e. The van der Waals surface area contributed by atoms with Crippen LogP contribution in [0.1, 0.15) is 13.8 Å². The lowest BCUT2D eigenvalue weighted by atomic mass is 10.9. The molecule has 0 bridgehead atoms. The molecule has 0 fully saturated rings. The molecule has 10 heteroatoms. The van der Waals surface area contributed by atoms with Crippen LogP contribution < -0.4 is 0 Å². The van der Waals surface area contributed by atoms with Crippen molar-refractivity contribution in [2.75, 3.05) is 6.61 Å². The van der Waals surface area contributed by atoms with Gasteiger partial charge in [0.1, 0.15) is 6.29 Å². The van der Waals surface area contributed by atoms with Gasteiger partial charge in [0.2, 0.25) is 0 Å². The first kappa shape index (κ1) is 31.7. The minimum Gasteiger partial charge on any atom is -0.433 e. The molecule has 8 nitrogen and oxygen atoms in total. The Morgan fingerprint density at radius 3 is 1.15 bits per heavy atom. The summed E-state index contributed by atoms with van der Waals surface area (Å²) in [5.74, 6) is 0. The van der Waals surface area contributed by atoms with Crippen molar-refractivity contribution in [3.63, 3.8) is 0 Å². The van der Waals surface area contributed by atoms with Crippen molar-refractivity contribution >= 4 is 22.9 Å². The molecule has 0 amide bonds. The second-order valence-corrected chi connectivity index (χ2v) is 13.9. The van der Waals surface area contributed by atoms with Crippen molar-refractivity contribution in [1.29, 1.82) is 0 Å².